The van der Waals surface area contributed by atoms with Crippen molar-refractivity contribution in [3.63, 3.8) is 0 Å². The van der Waals surface area contributed by atoms with Crippen LogP contribution in [0.2, 0.25) is 0 Å². The van der Waals surface area contributed by atoms with Crippen LogP contribution in [0.25, 0.3) is 0 Å². The molecule has 0 aromatic heterocycles. The summed E-state index contributed by atoms with van der Waals surface area (Å²) in [4.78, 5) is 13.3. The van der Waals surface area contributed by atoms with Crippen LogP contribution in [0.3, 0.4) is 0 Å². The Morgan fingerprint density at radius 3 is 2.48 bits per heavy atom. The standard InChI is InChI=1S/C15H19F3N2O/c1-11(10-20-8-2-3-14(20)21)19-9-12-4-6-13(7-5-12)15(16,17)18/h4-7,11,19H,2-3,8-10H2,1H3. The van der Waals surface area contributed by atoms with Crippen molar-refractivity contribution in [1.29, 1.82) is 0 Å². The van der Waals surface area contributed by atoms with E-state index in [0.29, 0.717) is 19.5 Å². The second kappa shape index (κ2) is 6.47. The first-order chi connectivity index (χ1) is 9.86. The van der Waals surface area contributed by atoms with Gasteiger partial charge in [0.25, 0.3) is 0 Å². The van der Waals surface area contributed by atoms with Crippen LogP contribution in [-0.4, -0.2) is 29.9 Å². The minimum atomic E-state index is -4.30. The van der Waals surface area contributed by atoms with Gasteiger partial charge in [0.05, 0.1) is 5.56 Å². The van der Waals surface area contributed by atoms with Crippen molar-refractivity contribution in [2.24, 2.45) is 0 Å². The van der Waals surface area contributed by atoms with Crippen LogP contribution in [0.5, 0.6) is 0 Å². The van der Waals surface area contributed by atoms with Gasteiger partial charge in [-0.05, 0) is 31.0 Å². The van der Waals surface area contributed by atoms with Crippen LogP contribution in [-0.2, 0) is 17.5 Å². The summed E-state index contributed by atoms with van der Waals surface area (Å²) in [6.45, 7) is 3.89. The van der Waals surface area contributed by atoms with E-state index in [9.17, 15) is 18.0 Å². The molecule has 3 nitrogen and oxygen atoms in total. The van der Waals surface area contributed by atoms with Gasteiger partial charge in [-0.15, -0.1) is 0 Å². The van der Waals surface area contributed by atoms with Crippen LogP contribution in [0.1, 0.15) is 30.9 Å². The topological polar surface area (TPSA) is 32.3 Å². The van der Waals surface area contributed by atoms with Crippen LogP contribution in [0.4, 0.5) is 13.2 Å². The molecule has 0 saturated carbocycles. The smallest absolute Gasteiger partial charge is 0.341 e. The number of hydrogen-bond donors (Lipinski definition) is 1. The highest BCUT2D eigenvalue weighted by molar-refractivity contribution is 5.78. The lowest BCUT2D eigenvalue weighted by Gasteiger charge is -2.21. The molecule has 21 heavy (non-hydrogen) atoms. The highest BCUT2D eigenvalue weighted by atomic mass is 19.4. The Bertz CT molecular complexity index is 485. The fourth-order valence-corrected chi connectivity index (χ4v) is 2.40. The van der Waals surface area contributed by atoms with Crippen molar-refractivity contribution in [3.8, 4) is 0 Å². The van der Waals surface area contributed by atoms with Crippen LogP contribution in [0.15, 0.2) is 24.3 Å². The van der Waals surface area contributed by atoms with E-state index in [2.05, 4.69) is 5.32 Å². The Labute approximate surface area is 122 Å². The third-order valence-corrected chi connectivity index (χ3v) is 3.60. The highest BCUT2D eigenvalue weighted by Gasteiger charge is 2.29. The first-order valence-electron chi connectivity index (χ1n) is 7.03. The van der Waals surface area contributed by atoms with E-state index in [4.69, 9.17) is 0 Å². The largest absolute Gasteiger partial charge is 0.416 e. The molecule has 0 spiro atoms. The van der Waals surface area contributed by atoms with Crippen LogP contribution < -0.4 is 5.32 Å². The number of hydrogen-bond acceptors (Lipinski definition) is 2. The van der Waals surface area contributed by atoms with Gasteiger partial charge in [-0.3, -0.25) is 4.79 Å². The molecular formula is C15H19F3N2O. The molecule has 1 N–H and O–H groups in total. The van der Waals surface area contributed by atoms with Gasteiger partial charge in [0.15, 0.2) is 0 Å². The number of carbonyl (C=O) groups excluding carboxylic acids is 1. The maximum absolute atomic E-state index is 12.4. The highest BCUT2D eigenvalue weighted by Crippen LogP contribution is 2.29. The first-order valence-corrected chi connectivity index (χ1v) is 7.03. The third-order valence-electron chi connectivity index (χ3n) is 3.60. The van der Waals surface area contributed by atoms with Crippen LogP contribution >= 0.6 is 0 Å². The number of benzene rings is 1. The Morgan fingerprint density at radius 2 is 1.95 bits per heavy atom. The maximum atomic E-state index is 12.4. The first kappa shape index (κ1) is 15.8. The van der Waals surface area contributed by atoms with Crippen molar-refractivity contribution in [3.05, 3.63) is 35.4 Å². The second-order valence-corrected chi connectivity index (χ2v) is 5.42. The summed E-state index contributed by atoms with van der Waals surface area (Å²) in [7, 11) is 0. The fraction of sp³-hybridized carbons (Fsp3) is 0.533. The summed E-state index contributed by atoms with van der Waals surface area (Å²) >= 11 is 0. The van der Waals surface area contributed by atoms with Gasteiger partial charge >= 0.3 is 6.18 Å². The van der Waals surface area contributed by atoms with Gasteiger partial charge in [0, 0.05) is 32.1 Å². The van der Waals surface area contributed by atoms with Gasteiger partial charge in [-0.2, -0.15) is 13.2 Å². The number of nitrogens with one attached hydrogen (secondary N) is 1. The molecule has 1 amide bonds. The minimum absolute atomic E-state index is 0.106. The Hall–Kier alpha value is -1.56. The monoisotopic (exact) mass is 300 g/mol. The molecule has 1 aromatic rings. The van der Waals surface area contributed by atoms with Gasteiger partial charge < -0.3 is 10.2 Å². The minimum Gasteiger partial charge on any atom is -0.341 e. The van der Waals surface area contributed by atoms with E-state index in [1.165, 1.54) is 12.1 Å². The fourth-order valence-electron chi connectivity index (χ4n) is 2.40. The van der Waals surface area contributed by atoms with Crippen molar-refractivity contribution in [2.75, 3.05) is 13.1 Å². The predicted octanol–water partition coefficient (Wildman–Crippen LogP) is 2.81. The Morgan fingerprint density at radius 1 is 1.29 bits per heavy atom. The lowest BCUT2D eigenvalue weighted by atomic mass is 10.1. The van der Waals surface area contributed by atoms with E-state index >= 15 is 0 Å². The number of amides is 1. The van der Waals surface area contributed by atoms with Gasteiger partial charge in [-0.1, -0.05) is 12.1 Å². The van der Waals surface area contributed by atoms with E-state index < -0.39 is 11.7 Å². The van der Waals surface area contributed by atoms with Crippen LogP contribution in [0, 0.1) is 0 Å². The molecule has 1 saturated heterocycles. The molecule has 1 aliphatic heterocycles. The lowest BCUT2D eigenvalue weighted by molar-refractivity contribution is -0.137. The number of alkyl halides is 3. The van der Waals surface area contributed by atoms with E-state index in [0.717, 1.165) is 30.7 Å². The number of likely N-dealkylation sites (tertiary alicyclic amines) is 1. The van der Waals surface area contributed by atoms with Gasteiger partial charge in [-0.25, -0.2) is 0 Å². The van der Waals surface area contributed by atoms with E-state index in [-0.39, 0.29) is 11.9 Å². The Kier molecular flexibility index (Phi) is 4.88. The molecule has 1 heterocycles. The molecule has 116 valence electrons. The summed E-state index contributed by atoms with van der Waals surface area (Å²) in [5.74, 6) is 0.179. The Balaban J connectivity index is 1.81. The SMILES string of the molecule is CC(CN1CCCC1=O)NCc1ccc(C(F)(F)F)cc1. The molecule has 2 rings (SSSR count). The molecule has 1 aliphatic rings. The van der Waals surface area contributed by atoms with Crippen molar-refractivity contribution in [1.82, 2.24) is 10.2 Å². The summed E-state index contributed by atoms with van der Waals surface area (Å²) in [6.07, 6.45) is -2.77. The van der Waals surface area contributed by atoms with Crippen molar-refractivity contribution >= 4 is 5.91 Å². The molecular weight excluding hydrogens is 281 g/mol. The maximum Gasteiger partial charge on any atom is 0.416 e. The molecule has 0 aliphatic carbocycles. The van der Waals surface area contributed by atoms with Gasteiger partial charge in [0.1, 0.15) is 0 Å². The molecule has 6 heteroatoms. The van der Waals surface area contributed by atoms with Crippen molar-refractivity contribution in [2.45, 2.75) is 38.5 Å². The third kappa shape index (κ3) is 4.46. The summed E-state index contributed by atoms with van der Waals surface area (Å²) in [6, 6.07) is 5.24. The lowest BCUT2D eigenvalue weighted by Crippen LogP contribution is -2.39. The zero-order chi connectivity index (χ0) is 15.5. The number of nitrogens with zero attached hydrogens (tertiary/aromatic N) is 1. The summed E-state index contributed by atoms with van der Waals surface area (Å²) in [5, 5.41) is 3.23. The summed E-state index contributed by atoms with van der Waals surface area (Å²) in [5.41, 5.74) is 0.157. The van der Waals surface area contributed by atoms with Gasteiger partial charge in [0.2, 0.25) is 5.91 Å². The number of halogens is 3. The molecule has 0 radical (unpaired) electrons. The molecule has 0 bridgehead atoms. The molecule has 1 atom stereocenters. The average Bonchev–Trinajstić information content (AvgIpc) is 2.81. The molecule has 1 unspecified atom stereocenters. The number of rotatable bonds is 5. The molecule has 1 fully saturated rings. The normalized spacial score (nSPS) is 17.3. The molecule has 1 aromatic carbocycles. The predicted molar refractivity (Wildman–Crippen MR) is 73.6 cm³/mol. The zero-order valence-electron chi connectivity index (χ0n) is 11.9. The van der Waals surface area contributed by atoms with E-state index in [1.807, 2.05) is 11.8 Å². The van der Waals surface area contributed by atoms with E-state index in [1.54, 1.807) is 0 Å². The summed E-state index contributed by atoms with van der Waals surface area (Å²) < 4.78 is 37.3. The number of carbonyl (C=O) groups is 1. The average molecular weight is 300 g/mol. The zero-order valence-corrected chi connectivity index (χ0v) is 11.9. The quantitative estimate of drug-likeness (QED) is 0.907. The van der Waals surface area contributed by atoms with Crippen molar-refractivity contribution < 1.29 is 18.0 Å². The second-order valence-electron chi connectivity index (χ2n) is 5.42.